The van der Waals surface area contributed by atoms with E-state index >= 15 is 0 Å². The molecule has 3 saturated heterocycles. The molecule has 4 nitrogen and oxygen atoms in total. The number of fused-ring (bicyclic) bond motifs is 1. The Balaban J connectivity index is 1.71. The lowest BCUT2D eigenvalue weighted by molar-refractivity contribution is -0.162. The quantitative estimate of drug-likeness (QED) is 0.509. The summed E-state index contributed by atoms with van der Waals surface area (Å²) in [5, 5.41) is 0. The number of epoxide rings is 2. The molecule has 3 heterocycles. The van der Waals surface area contributed by atoms with Crippen LogP contribution < -0.4 is 0 Å². The van der Waals surface area contributed by atoms with Gasteiger partial charge in [0.1, 0.15) is 24.4 Å². The molecule has 0 amide bonds. The van der Waals surface area contributed by atoms with Crippen LogP contribution in [0.5, 0.6) is 0 Å². The van der Waals surface area contributed by atoms with Gasteiger partial charge in [-0.3, -0.25) is 0 Å². The first-order chi connectivity index (χ1) is 5.40. The minimum absolute atomic E-state index is 0.130. The Morgan fingerprint density at radius 1 is 1.18 bits per heavy atom. The summed E-state index contributed by atoms with van der Waals surface area (Å²) in [7, 11) is 1.64. The van der Waals surface area contributed by atoms with Gasteiger partial charge in [0.05, 0.1) is 6.61 Å². The van der Waals surface area contributed by atoms with Gasteiger partial charge >= 0.3 is 0 Å². The van der Waals surface area contributed by atoms with E-state index < -0.39 is 0 Å². The molecule has 3 aliphatic rings. The second-order valence-corrected chi connectivity index (χ2v) is 3.14. The summed E-state index contributed by atoms with van der Waals surface area (Å²) in [6.07, 6.45) is 0.658. The van der Waals surface area contributed by atoms with E-state index in [4.69, 9.17) is 18.9 Å². The van der Waals surface area contributed by atoms with Crippen LogP contribution in [0.15, 0.2) is 0 Å². The maximum atomic E-state index is 5.52. The van der Waals surface area contributed by atoms with Crippen LogP contribution in [-0.2, 0) is 18.9 Å². The highest BCUT2D eigenvalue weighted by Crippen LogP contribution is 2.43. The Kier molecular flexibility index (Phi) is 1.13. The highest BCUT2D eigenvalue weighted by molar-refractivity contribution is 5.05. The molecule has 0 radical (unpaired) electrons. The van der Waals surface area contributed by atoms with Crippen LogP contribution in [0.25, 0.3) is 0 Å². The lowest BCUT2D eigenvalue weighted by Crippen LogP contribution is -2.25. The summed E-state index contributed by atoms with van der Waals surface area (Å²) in [6.45, 7) is 0.813. The van der Waals surface area contributed by atoms with Gasteiger partial charge in [0.2, 0.25) is 0 Å². The summed E-state index contributed by atoms with van der Waals surface area (Å²) < 4.78 is 21.1. The van der Waals surface area contributed by atoms with Gasteiger partial charge in [-0.1, -0.05) is 0 Å². The van der Waals surface area contributed by atoms with Crippen molar-refractivity contribution in [3.8, 4) is 0 Å². The van der Waals surface area contributed by atoms with Gasteiger partial charge in [-0.05, 0) is 0 Å². The molecule has 62 valence electrons. The molecule has 0 aliphatic carbocycles. The van der Waals surface area contributed by atoms with Gasteiger partial charge < -0.3 is 18.9 Å². The number of methoxy groups -OCH3 is 1. The van der Waals surface area contributed by atoms with E-state index in [0.717, 1.165) is 6.61 Å². The smallest absolute Gasteiger partial charge is 0.186 e. The van der Waals surface area contributed by atoms with Gasteiger partial charge in [0.25, 0.3) is 0 Å². The Bertz CT molecular complexity index is 179. The third kappa shape index (κ3) is 0.840. The van der Waals surface area contributed by atoms with E-state index in [1.165, 1.54) is 0 Å². The summed E-state index contributed by atoms with van der Waals surface area (Å²) in [4.78, 5) is 0. The first kappa shape index (κ1) is 6.37. The summed E-state index contributed by atoms with van der Waals surface area (Å²) in [5.41, 5.74) is 0. The molecule has 0 aromatic heterocycles. The lowest BCUT2D eigenvalue weighted by Gasteiger charge is -2.13. The Morgan fingerprint density at radius 2 is 2.00 bits per heavy atom. The van der Waals surface area contributed by atoms with Crippen molar-refractivity contribution in [2.45, 2.75) is 30.7 Å². The summed E-state index contributed by atoms with van der Waals surface area (Å²) in [6, 6.07) is 0. The van der Waals surface area contributed by atoms with E-state index in [-0.39, 0.29) is 30.7 Å². The van der Waals surface area contributed by atoms with E-state index in [0.29, 0.717) is 0 Å². The molecule has 5 atom stereocenters. The van der Waals surface area contributed by atoms with Crippen molar-refractivity contribution in [3.05, 3.63) is 0 Å². The zero-order valence-corrected chi connectivity index (χ0v) is 6.23. The second-order valence-electron chi connectivity index (χ2n) is 3.14. The molecule has 3 aliphatic heterocycles. The maximum Gasteiger partial charge on any atom is 0.186 e. The van der Waals surface area contributed by atoms with E-state index in [1.807, 2.05) is 0 Å². The fourth-order valence-corrected chi connectivity index (χ4v) is 1.66. The van der Waals surface area contributed by atoms with Crippen LogP contribution >= 0.6 is 0 Å². The summed E-state index contributed by atoms with van der Waals surface area (Å²) in [5.74, 6) is 0. The van der Waals surface area contributed by atoms with Gasteiger partial charge in [0.15, 0.2) is 6.29 Å². The monoisotopic (exact) mass is 158 g/mol. The van der Waals surface area contributed by atoms with Gasteiger partial charge in [-0.25, -0.2) is 0 Å². The van der Waals surface area contributed by atoms with Crippen LogP contribution in [-0.4, -0.2) is 44.4 Å². The topological polar surface area (TPSA) is 43.5 Å². The zero-order valence-electron chi connectivity index (χ0n) is 6.23. The predicted octanol–water partition coefficient (Wildman–Crippen LogP) is -0.476. The van der Waals surface area contributed by atoms with E-state index in [2.05, 4.69) is 0 Å². The predicted molar refractivity (Wildman–Crippen MR) is 34.1 cm³/mol. The normalized spacial score (nSPS) is 59.2. The zero-order chi connectivity index (χ0) is 7.42. The Hall–Kier alpha value is -0.160. The standard InChI is InChI=1S/C7H10O4/c1-8-7-6-5(10-6)4(11-7)3-2-9-3/h3-7H,2H2,1H3/t3?,4-,5?,6?,7-/m1/s1. The van der Waals surface area contributed by atoms with Crippen molar-refractivity contribution in [2.24, 2.45) is 0 Å². The maximum absolute atomic E-state index is 5.52. The van der Waals surface area contributed by atoms with Crippen LogP contribution in [0.3, 0.4) is 0 Å². The van der Waals surface area contributed by atoms with Crippen molar-refractivity contribution in [1.29, 1.82) is 0 Å². The van der Waals surface area contributed by atoms with Crippen LogP contribution in [0.2, 0.25) is 0 Å². The molecule has 3 rings (SSSR count). The van der Waals surface area contributed by atoms with Gasteiger partial charge in [-0.15, -0.1) is 0 Å². The Morgan fingerprint density at radius 3 is 2.55 bits per heavy atom. The number of hydrogen-bond donors (Lipinski definition) is 0. The minimum atomic E-state index is -0.158. The minimum Gasteiger partial charge on any atom is -0.370 e. The van der Waals surface area contributed by atoms with E-state index in [9.17, 15) is 0 Å². The van der Waals surface area contributed by atoms with Gasteiger partial charge in [-0.2, -0.15) is 0 Å². The van der Waals surface area contributed by atoms with Crippen molar-refractivity contribution >= 4 is 0 Å². The molecule has 0 N–H and O–H groups in total. The lowest BCUT2D eigenvalue weighted by atomic mass is 10.2. The van der Waals surface area contributed by atoms with Crippen molar-refractivity contribution < 1.29 is 18.9 Å². The number of hydrogen-bond acceptors (Lipinski definition) is 4. The van der Waals surface area contributed by atoms with Gasteiger partial charge in [0, 0.05) is 7.11 Å². The molecule has 3 fully saturated rings. The highest BCUT2D eigenvalue weighted by atomic mass is 16.8. The van der Waals surface area contributed by atoms with Crippen LogP contribution in [0.4, 0.5) is 0 Å². The molecular weight excluding hydrogens is 148 g/mol. The largest absolute Gasteiger partial charge is 0.370 e. The average molecular weight is 158 g/mol. The fourth-order valence-electron chi connectivity index (χ4n) is 1.66. The molecule has 0 aromatic carbocycles. The fraction of sp³-hybridized carbons (Fsp3) is 1.00. The first-order valence-corrected chi connectivity index (χ1v) is 3.85. The average Bonchev–Trinajstić information content (AvgIpc) is 2.88. The number of ether oxygens (including phenoxy) is 4. The third-order valence-electron chi connectivity index (χ3n) is 2.40. The summed E-state index contributed by atoms with van der Waals surface area (Å²) >= 11 is 0. The van der Waals surface area contributed by atoms with E-state index in [1.54, 1.807) is 7.11 Å². The molecule has 0 bridgehead atoms. The second kappa shape index (κ2) is 1.95. The molecule has 3 unspecified atom stereocenters. The number of rotatable bonds is 2. The molecule has 4 heteroatoms. The Labute approximate surface area is 64.4 Å². The third-order valence-corrected chi connectivity index (χ3v) is 2.40. The van der Waals surface area contributed by atoms with Crippen molar-refractivity contribution in [3.63, 3.8) is 0 Å². The van der Waals surface area contributed by atoms with Crippen molar-refractivity contribution in [1.82, 2.24) is 0 Å². The first-order valence-electron chi connectivity index (χ1n) is 3.85. The van der Waals surface area contributed by atoms with Crippen LogP contribution in [0.1, 0.15) is 0 Å². The molecule has 0 spiro atoms. The molecular formula is C7H10O4. The van der Waals surface area contributed by atoms with Crippen LogP contribution in [0, 0.1) is 0 Å². The molecule has 0 aromatic rings. The molecule has 11 heavy (non-hydrogen) atoms. The highest BCUT2D eigenvalue weighted by Gasteiger charge is 2.62. The SMILES string of the molecule is CO[C@@H]1O[C@H](C2CO2)C2OC21. The van der Waals surface area contributed by atoms with Crippen molar-refractivity contribution in [2.75, 3.05) is 13.7 Å². The molecule has 0 saturated carbocycles.